The smallest absolute Gasteiger partial charge is 0.143 e. The number of fused-ring (bicyclic) bond motifs is 9. The topological polar surface area (TPSA) is 21.3 Å². The first kappa shape index (κ1) is 32.8. The largest absolute Gasteiger partial charge is 0.455 e. The van der Waals surface area contributed by atoms with Crippen LogP contribution in [0.5, 0.6) is 0 Å². The van der Waals surface area contributed by atoms with E-state index in [1.165, 1.54) is 47.6 Å². The van der Waals surface area contributed by atoms with Crippen molar-refractivity contribution in [3.8, 4) is 27.9 Å². The van der Waals surface area contributed by atoms with Gasteiger partial charge in [0.15, 0.2) is 0 Å². The van der Waals surface area contributed by atoms with Gasteiger partial charge in [0.2, 0.25) is 0 Å². The molecule has 4 heteroatoms. The fraction of sp³-hybridized carbons (Fsp3) is 0. The first-order valence-corrected chi connectivity index (χ1v) is 20.5. The number of anilines is 3. The molecular weight excluding hydrogens is 725 g/mol. The molecule has 0 spiro atoms. The van der Waals surface area contributed by atoms with E-state index in [9.17, 15) is 0 Å². The summed E-state index contributed by atoms with van der Waals surface area (Å²) in [6.45, 7) is 0. The Morgan fingerprint density at radius 1 is 0.379 bits per heavy atom. The highest BCUT2D eigenvalue weighted by Crippen LogP contribution is 2.43. The second-order valence-electron chi connectivity index (χ2n) is 14.9. The van der Waals surface area contributed by atoms with Gasteiger partial charge in [-0.25, -0.2) is 0 Å². The van der Waals surface area contributed by atoms with Crippen LogP contribution in [-0.4, -0.2) is 4.57 Å². The van der Waals surface area contributed by atoms with Gasteiger partial charge in [-0.2, -0.15) is 0 Å². The number of aromatic nitrogens is 1. The maximum absolute atomic E-state index is 6.44. The normalized spacial score (nSPS) is 11.8. The quantitative estimate of drug-likeness (QED) is 0.168. The molecule has 0 saturated heterocycles. The van der Waals surface area contributed by atoms with Gasteiger partial charge in [-0.05, 0) is 95.6 Å². The number of rotatable bonds is 6. The Balaban J connectivity index is 1.01. The third kappa shape index (κ3) is 5.19. The number of thiophene rings is 1. The van der Waals surface area contributed by atoms with E-state index in [0.717, 1.165) is 61.3 Å². The zero-order valence-corrected chi connectivity index (χ0v) is 32.2. The van der Waals surface area contributed by atoms with Crippen LogP contribution in [0.3, 0.4) is 0 Å². The number of hydrogen-bond donors (Lipinski definition) is 0. The van der Waals surface area contributed by atoms with Gasteiger partial charge in [0.05, 0.1) is 11.0 Å². The molecule has 0 aliphatic carbocycles. The third-order valence-corrected chi connectivity index (χ3v) is 12.8. The fourth-order valence-electron chi connectivity index (χ4n) is 8.87. The predicted molar refractivity (Wildman–Crippen MR) is 247 cm³/mol. The fourth-order valence-corrected chi connectivity index (χ4v) is 9.96. The molecule has 3 aromatic heterocycles. The summed E-state index contributed by atoms with van der Waals surface area (Å²) in [5.41, 5.74) is 13.1. The molecule has 0 radical (unpaired) electrons. The van der Waals surface area contributed by atoms with Gasteiger partial charge in [-0.3, -0.25) is 0 Å². The van der Waals surface area contributed by atoms with Crippen molar-refractivity contribution in [3.05, 3.63) is 206 Å². The third-order valence-electron chi connectivity index (χ3n) is 11.6. The van der Waals surface area contributed by atoms with Crippen molar-refractivity contribution in [1.29, 1.82) is 0 Å². The van der Waals surface area contributed by atoms with Crippen molar-refractivity contribution in [2.24, 2.45) is 0 Å². The molecule has 58 heavy (non-hydrogen) atoms. The van der Waals surface area contributed by atoms with Crippen LogP contribution in [0.25, 0.3) is 91.9 Å². The Morgan fingerprint density at radius 2 is 1.00 bits per heavy atom. The second kappa shape index (κ2) is 13.1. The van der Waals surface area contributed by atoms with Gasteiger partial charge < -0.3 is 13.9 Å². The highest BCUT2D eigenvalue weighted by Gasteiger charge is 2.19. The highest BCUT2D eigenvalue weighted by molar-refractivity contribution is 7.25. The zero-order chi connectivity index (χ0) is 38.2. The van der Waals surface area contributed by atoms with E-state index in [2.05, 4.69) is 204 Å². The molecule has 0 amide bonds. The van der Waals surface area contributed by atoms with E-state index < -0.39 is 0 Å². The SMILES string of the molecule is c1ccc(-n2c3ccccc3c3ccc(N(c4ccc(-c5ccc6sc7ccccc7c6c5)cc4)c4ccc(-c5cccc6c5oc5ccccc56)cc4)cc32)cc1. The van der Waals surface area contributed by atoms with Crippen molar-refractivity contribution in [2.75, 3.05) is 4.90 Å². The number of nitrogens with zero attached hydrogens (tertiary/aromatic N) is 2. The van der Waals surface area contributed by atoms with Crippen molar-refractivity contribution in [3.63, 3.8) is 0 Å². The molecule has 0 fully saturated rings. The van der Waals surface area contributed by atoms with Gasteiger partial charge >= 0.3 is 0 Å². The molecule has 12 aromatic rings. The number of hydrogen-bond acceptors (Lipinski definition) is 3. The minimum absolute atomic E-state index is 0.906. The number of para-hydroxylation sites is 4. The molecule has 0 bridgehead atoms. The van der Waals surface area contributed by atoms with Crippen molar-refractivity contribution >= 4 is 92.3 Å². The molecule has 0 unspecified atom stereocenters. The van der Waals surface area contributed by atoms with Crippen molar-refractivity contribution in [2.45, 2.75) is 0 Å². The van der Waals surface area contributed by atoms with Crippen LogP contribution < -0.4 is 4.90 Å². The lowest BCUT2D eigenvalue weighted by atomic mass is 10.0. The van der Waals surface area contributed by atoms with E-state index in [4.69, 9.17) is 4.42 Å². The predicted octanol–water partition coefficient (Wildman–Crippen LogP) is 15.9. The van der Waals surface area contributed by atoms with Crippen LogP contribution in [0.1, 0.15) is 0 Å². The van der Waals surface area contributed by atoms with Crippen LogP contribution in [-0.2, 0) is 0 Å². The van der Waals surface area contributed by atoms with Crippen LogP contribution in [0.2, 0.25) is 0 Å². The Hall–Kier alpha value is -7.40. The molecular formula is C54H34N2OS. The summed E-state index contributed by atoms with van der Waals surface area (Å²) in [5.74, 6) is 0. The van der Waals surface area contributed by atoms with Gasteiger partial charge in [0, 0.05) is 70.0 Å². The molecule has 9 aromatic carbocycles. The lowest BCUT2D eigenvalue weighted by molar-refractivity contribution is 0.670. The van der Waals surface area contributed by atoms with E-state index in [-0.39, 0.29) is 0 Å². The van der Waals surface area contributed by atoms with Gasteiger partial charge in [0.1, 0.15) is 11.2 Å². The average Bonchev–Trinajstić information content (AvgIpc) is 3.96. The molecule has 0 atom stereocenters. The summed E-state index contributed by atoms with van der Waals surface area (Å²) in [6, 6.07) is 74.5. The summed E-state index contributed by atoms with van der Waals surface area (Å²) in [7, 11) is 0. The monoisotopic (exact) mass is 758 g/mol. The lowest BCUT2D eigenvalue weighted by Gasteiger charge is -2.26. The Bertz CT molecular complexity index is 3500. The summed E-state index contributed by atoms with van der Waals surface area (Å²) < 4.78 is 11.5. The second-order valence-corrected chi connectivity index (χ2v) is 16.0. The molecule has 3 nitrogen and oxygen atoms in total. The van der Waals surface area contributed by atoms with E-state index in [1.54, 1.807) is 0 Å². The van der Waals surface area contributed by atoms with Gasteiger partial charge in [-0.1, -0.05) is 127 Å². The lowest BCUT2D eigenvalue weighted by Crippen LogP contribution is -2.10. The number of benzene rings is 9. The van der Waals surface area contributed by atoms with E-state index in [1.807, 2.05) is 23.5 Å². The van der Waals surface area contributed by atoms with E-state index >= 15 is 0 Å². The molecule has 3 heterocycles. The minimum atomic E-state index is 0.906. The Morgan fingerprint density at radius 3 is 1.83 bits per heavy atom. The summed E-state index contributed by atoms with van der Waals surface area (Å²) in [6.07, 6.45) is 0. The average molecular weight is 759 g/mol. The standard InChI is InChI=1S/C54H34N2OS/c1-2-11-38(12-3-1)56-49-18-7-4-13-43(49)44-31-30-41(34-50(44)56)55(39-26-21-35(22-27-39)37-25-32-53-48(33-37)46-15-6-9-20-52(46)58-53)40-28-23-36(24-29-40)42-16-10-17-47-45-14-5-8-19-51(45)57-54(42)47/h1-34H. The molecule has 0 N–H and O–H groups in total. The molecule has 0 saturated carbocycles. The van der Waals surface area contributed by atoms with Crippen LogP contribution in [0, 0.1) is 0 Å². The van der Waals surface area contributed by atoms with E-state index in [0.29, 0.717) is 0 Å². The highest BCUT2D eigenvalue weighted by atomic mass is 32.1. The van der Waals surface area contributed by atoms with Gasteiger partial charge in [-0.15, -0.1) is 11.3 Å². The first-order valence-electron chi connectivity index (χ1n) is 19.7. The summed E-state index contributed by atoms with van der Waals surface area (Å²) in [4.78, 5) is 2.37. The summed E-state index contributed by atoms with van der Waals surface area (Å²) in [5, 5.41) is 7.36. The van der Waals surface area contributed by atoms with Crippen molar-refractivity contribution < 1.29 is 4.42 Å². The van der Waals surface area contributed by atoms with Crippen LogP contribution >= 0.6 is 11.3 Å². The summed E-state index contributed by atoms with van der Waals surface area (Å²) >= 11 is 1.86. The maximum Gasteiger partial charge on any atom is 0.143 e. The van der Waals surface area contributed by atoms with Crippen LogP contribution in [0.4, 0.5) is 17.1 Å². The number of furan rings is 1. The molecule has 12 rings (SSSR count). The van der Waals surface area contributed by atoms with Crippen LogP contribution in [0.15, 0.2) is 211 Å². The van der Waals surface area contributed by atoms with Gasteiger partial charge in [0.25, 0.3) is 0 Å². The Kier molecular flexibility index (Phi) is 7.40. The minimum Gasteiger partial charge on any atom is -0.455 e. The maximum atomic E-state index is 6.44. The molecule has 0 aliphatic rings. The Labute approximate surface area is 338 Å². The molecule has 0 aliphatic heterocycles. The zero-order valence-electron chi connectivity index (χ0n) is 31.3. The first-order chi connectivity index (χ1) is 28.7. The molecule has 272 valence electrons. The van der Waals surface area contributed by atoms with Crippen molar-refractivity contribution in [1.82, 2.24) is 4.57 Å².